The summed E-state index contributed by atoms with van der Waals surface area (Å²) < 4.78 is 10.7. The molecule has 0 spiro atoms. The molecular formula is C22H28N2O3. The summed E-state index contributed by atoms with van der Waals surface area (Å²) in [6.07, 6.45) is 4.45. The summed E-state index contributed by atoms with van der Waals surface area (Å²) in [6, 6.07) is 16.1. The molecule has 0 bridgehead atoms. The van der Waals surface area contributed by atoms with Crippen molar-refractivity contribution in [2.75, 3.05) is 38.3 Å². The van der Waals surface area contributed by atoms with Crippen LogP contribution in [0.3, 0.4) is 0 Å². The Hall–Kier alpha value is -2.69. The first-order chi connectivity index (χ1) is 13.3. The second-order valence-electron chi connectivity index (χ2n) is 6.75. The van der Waals surface area contributed by atoms with E-state index < -0.39 is 0 Å². The molecule has 1 saturated heterocycles. The van der Waals surface area contributed by atoms with Crippen LogP contribution in [0.15, 0.2) is 48.5 Å². The average Bonchev–Trinajstić information content (AvgIpc) is 3.25. The Morgan fingerprint density at radius 2 is 1.74 bits per heavy atom. The van der Waals surface area contributed by atoms with Gasteiger partial charge in [0.25, 0.3) is 5.91 Å². The monoisotopic (exact) mass is 368 g/mol. The molecule has 0 saturated carbocycles. The third kappa shape index (κ3) is 5.64. The van der Waals surface area contributed by atoms with Gasteiger partial charge in [-0.3, -0.25) is 4.79 Å². The Bertz CT molecular complexity index is 725. The second-order valence-corrected chi connectivity index (χ2v) is 6.75. The van der Waals surface area contributed by atoms with Gasteiger partial charge in [0.15, 0.2) is 18.1 Å². The molecule has 2 aromatic rings. The number of aryl methyl sites for hydroxylation is 1. The van der Waals surface area contributed by atoms with Gasteiger partial charge in [-0.15, -0.1) is 0 Å². The molecule has 5 nitrogen and oxygen atoms in total. The molecular weight excluding hydrogens is 340 g/mol. The van der Waals surface area contributed by atoms with Gasteiger partial charge < -0.3 is 19.7 Å². The van der Waals surface area contributed by atoms with E-state index >= 15 is 0 Å². The molecule has 0 aliphatic carbocycles. The molecule has 1 amide bonds. The van der Waals surface area contributed by atoms with E-state index in [1.807, 2.05) is 18.2 Å². The topological polar surface area (TPSA) is 50.8 Å². The summed E-state index contributed by atoms with van der Waals surface area (Å²) >= 11 is 0. The first-order valence-electron chi connectivity index (χ1n) is 9.62. The number of carbonyl (C=O) groups is 1. The van der Waals surface area contributed by atoms with E-state index in [1.165, 1.54) is 37.2 Å². The molecule has 0 unspecified atom stereocenters. The lowest BCUT2D eigenvalue weighted by Crippen LogP contribution is -2.30. The van der Waals surface area contributed by atoms with Crippen LogP contribution in [0, 0.1) is 0 Å². The van der Waals surface area contributed by atoms with E-state index in [0.717, 1.165) is 12.8 Å². The molecule has 1 N–H and O–H groups in total. The van der Waals surface area contributed by atoms with Crippen LogP contribution in [0.2, 0.25) is 0 Å². The Kier molecular flexibility index (Phi) is 6.97. The van der Waals surface area contributed by atoms with Crippen molar-refractivity contribution in [2.24, 2.45) is 0 Å². The Morgan fingerprint density at radius 3 is 2.44 bits per heavy atom. The maximum atomic E-state index is 11.9. The predicted octanol–water partition coefficient (Wildman–Crippen LogP) is 3.42. The van der Waals surface area contributed by atoms with Gasteiger partial charge >= 0.3 is 0 Å². The molecule has 0 atom stereocenters. The summed E-state index contributed by atoms with van der Waals surface area (Å²) in [7, 11) is 1.58. The van der Waals surface area contributed by atoms with Crippen molar-refractivity contribution in [3.8, 4) is 11.5 Å². The van der Waals surface area contributed by atoms with Crippen LogP contribution in [0.4, 0.5) is 5.69 Å². The number of ether oxygens (including phenoxy) is 2. The van der Waals surface area contributed by atoms with Crippen molar-refractivity contribution in [2.45, 2.75) is 25.7 Å². The Morgan fingerprint density at radius 1 is 1.04 bits per heavy atom. The zero-order valence-corrected chi connectivity index (χ0v) is 15.9. The van der Waals surface area contributed by atoms with Crippen molar-refractivity contribution in [3.63, 3.8) is 0 Å². The maximum absolute atomic E-state index is 11.9. The molecule has 3 rings (SSSR count). The van der Waals surface area contributed by atoms with Gasteiger partial charge in [0.2, 0.25) is 0 Å². The van der Waals surface area contributed by atoms with Gasteiger partial charge in [-0.25, -0.2) is 0 Å². The number of nitrogens with zero attached hydrogens (tertiary/aromatic N) is 1. The number of hydrogen-bond donors (Lipinski definition) is 1. The lowest BCUT2D eigenvalue weighted by Gasteiger charge is -2.17. The molecule has 5 heteroatoms. The minimum atomic E-state index is -0.120. The highest BCUT2D eigenvalue weighted by molar-refractivity contribution is 5.77. The van der Waals surface area contributed by atoms with Gasteiger partial charge in [0, 0.05) is 25.3 Å². The number of para-hydroxylation sites is 2. The Balaban J connectivity index is 1.34. The quantitative estimate of drug-likeness (QED) is 0.689. The minimum absolute atomic E-state index is 0.00902. The zero-order valence-electron chi connectivity index (χ0n) is 15.9. The van der Waals surface area contributed by atoms with E-state index in [0.29, 0.717) is 18.0 Å². The predicted molar refractivity (Wildman–Crippen MR) is 108 cm³/mol. The number of amides is 1. The molecule has 2 aromatic carbocycles. The van der Waals surface area contributed by atoms with Crippen molar-refractivity contribution in [1.29, 1.82) is 0 Å². The fourth-order valence-corrected chi connectivity index (χ4v) is 3.30. The molecule has 0 aromatic heterocycles. The summed E-state index contributed by atoms with van der Waals surface area (Å²) in [6.45, 7) is 2.97. The van der Waals surface area contributed by atoms with Crippen LogP contribution in [0.1, 0.15) is 24.8 Å². The van der Waals surface area contributed by atoms with Crippen LogP contribution in [-0.2, 0) is 11.2 Å². The van der Waals surface area contributed by atoms with Crippen LogP contribution in [0.5, 0.6) is 11.5 Å². The van der Waals surface area contributed by atoms with Gasteiger partial charge in [-0.05, 0) is 55.5 Å². The fourth-order valence-electron chi connectivity index (χ4n) is 3.30. The lowest BCUT2D eigenvalue weighted by molar-refractivity contribution is -0.123. The highest BCUT2D eigenvalue weighted by atomic mass is 16.5. The van der Waals surface area contributed by atoms with E-state index in [9.17, 15) is 4.79 Å². The van der Waals surface area contributed by atoms with Gasteiger partial charge in [-0.2, -0.15) is 0 Å². The van der Waals surface area contributed by atoms with Crippen molar-refractivity contribution >= 4 is 11.6 Å². The normalized spacial score (nSPS) is 13.4. The molecule has 1 aliphatic rings. The van der Waals surface area contributed by atoms with E-state index in [4.69, 9.17) is 9.47 Å². The number of hydrogen-bond acceptors (Lipinski definition) is 4. The maximum Gasteiger partial charge on any atom is 0.257 e. The summed E-state index contributed by atoms with van der Waals surface area (Å²) in [5.41, 5.74) is 2.62. The highest BCUT2D eigenvalue weighted by Gasteiger charge is 2.11. The molecule has 27 heavy (non-hydrogen) atoms. The minimum Gasteiger partial charge on any atom is -0.493 e. The van der Waals surface area contributed by atoms with Crippen LogP contribution >= 0.6 is 0 Å². The van der Waals surface area contributed by atoms with Crippen molar-refractivity contribution in [3.05, 3.63) is 54.1 Å². The smallest absolute Gasteiger partial charge is 0.257 e. The number of methoxy groups -OCH3 is 1. The fraction of sp³-hybridized carbons (Fsp3) is 0.409. The Labute approximate surface area is 161 Å². The van der Waals surface area contributed by atoms with Gasteiger partial charge in [0.05, 0.1) is 7.11 Å². The number of rotatable bonds is 9. The second kappa shape index (κ2) is 9.86. The first kappa shape index (κ1) is 19.1. The molecule has 0 radical (unpaired) electrons. The summed E-state index contributed by atoms with van der Waals surface area (Å²) in [5.74, 6) is 1.08. The third-order valence-corrected chi connectivity index (χ3v) is 4.80. The van der Waals surface area contributed by atoms with Crippen LogP contribution < -0.4 is 19.7 Å². The number of carbonyl (C=O) groups excluding carboxylic acids is 1. The number of benzene rings is 2. The van der Waals surface area contributed by atoms with Crippen LogP contribution in [0.25, 0.3) is 0 Å². The molecule has 1 heterocycles. The third-order valence-electron chi connectivity index (χ3n) is 4.80. The van der Waals surface area contributed by atoms with Gasteiger partial charge in [-0.1, -0.05) is 24.3 Å². The van der Waals surface area contributed by atoms with Crippen molar-refractivity contribution < 1.29 is 14.3 Å². The molecule has 1 aliphatic heterocycles. The zero-order chi connectivity index (χ0) is 18.9. The van der Waals surface area contributed by atoms with E-state index in [1.54, 1.807) is 13.2 Å². The summed E-state index contributed by atoms with van der Waals surface area (Å²) in [5, 5.41) is 2.90. The lowest BCUT2D eigenvalue weighted by atomic mass is 10.1. The number of nitrogens with one attached hydrogen (secondary N) is 1. The molecule has 1 fully saturated rings. The van der Waals surface area contributed by atoms with E-state index in [-0.39, 0.29) is 12.5 Å². The van der Waals surface area contributed by atoms with E-state index in [2.05, 4.69) is 34.5 Å². The number of anilines is 1. The SMILES string of the molecule is COc1ccccc1OCC(=O)NCCCc1ccc(N2CCCC2)cc1. The van der Waals surface area contributed by atoms with Gasteiger partial charge in [0.1, 0.15) is 0 Å². The standard InChI is InChI=1S/C22H28N2O3/c1-26-20-8-2-3-9-21(20)27-17-22(25)23-14-6-7-18-10-12-19(13-11-18)24-15-4-5-16-24/h2-3,8-13H,4-7,14-17H2,1H3,(H,23,25). The first-order valence-corrected chi connectivity index (χ1v) is 9.62. The largest absolute Gasteiger partial charge is 0.493 e. The summed E-state index contributed by atoms with van der Waals surface area (Å²) in [4.78, 5) is 14.4. The van der Waals surface area contributed by atoms with Crippen molar-refractivity contribution in [1.82, 2.24) is 5.32 Å². The van der Waals surface area contributed by atoms with Crippen LogP contribution in [-0.4, -0.2) is 39.3 Å². The molecule has 144 valence electrons. The average molecular weight is 368 g/mol. The highest BCUT2D eigenvalue weighted by Crippen LogP contribution is 2.25.